The molecule has 0 fully saturated rings. The molecule has 0 aliphatic heterocycles. The quantitative estimate of drug-likeness (QED) is 0.417. The number of Topliss-reactive ketones (excluding diaryl/α,β-unsaturated/α-hetero) is 1. The number of hydrogen-bond acceptors (Lipinski definition) is 7. The average molecular weight is 377 g/mol. The fourth-order valence-electron chi connectivity index (χ4n) is 2.17. The van der Waals surface area contributed by atoms with Gasteiger partial charge in [0.1, 0.15) is 0 Å². The van der Waals surface area contributed by atoms with E-state index in [2.05, 4.69) is 5.32 Å². The Morgan fingerprint density at radius 2 is 1.23 bits per heavy atom. The van der Waals surface area contributed by atoms with E-state index < -0.39 is 5.41 Å². The highest BCUT2D eigenvalue weighted by Crippen LogP contribution is 2.18. The third kappa shape index (κ3) is 14.6. The van der Waals surface area contributed by atoms with Gasteiger partial charge in [0.25, 0.3) is 0 Å². The minimum absolute atomic E-state index is 0.151. The van der Waals surface area contributed by atoms with Crippen LogP contribution in [0, 0.1) is 5.41 Å². The van der Waals surface area contributed by atoms with Gasteiger partial charge in [0.05, 0.1) is 58.9 Å². The van der Waals surface area contributed by atoms with Crippen LogP contribution in [0.25, 0.3) is 0 Å². The third-order valence-corrected chi connectivity index (χ3v) is 3.33. The second kappa shape index (κ2) is 13.6. The number of carbonyl (C=O) groups excluding carboxylic acids is 1. The van der Waals surface area contributed by atoms with Gasteiger partial charge in [0.15, 0.2) is 5.78 Å². The largest absolute Gasteiger partial charge is 0.378 e. The lowest BCUT2D eigenvalue weighted by atomic mass is 9.86. The molecule has 1 atom stereocenters. The van der Waals surface area contributed by atoms with E-state index in [1.165, 1.54) is 0 Å². The van der Waals surface area contributed by atoms with Gasteiger partial charge in [0.2, 0.25) is 0 Å². The first-order valence-electron chi connectivity index (χ1n) is 9.41. The van der Waals surface area contributed by atoms with Crippen LogP contribution in [0.4, 0.5) is 0 Å². The normalized spacial score (nSPS) is 13.8. The zero-order chi connectivity index (χ0) is 20.1. The van der Waals surface area contributed by atoms with E-state index in [1.807, 2.05) is 41.5 Å². The number of ether oxygens (including phenoxy) is 4. The summed E-state index contributed by atoms with van der Waals surface area (Å²) in [5.41, 5.74) is 4.75. The molecule has 0 aliphatic carbocycles. The highest BCUT2D eigenvalue weighted by molar-refractivity contribution is 5.88. The van der Waals surface area contributed by atoms with Crippen LogP contribution in [0.5, 0.6) is 0 Å². The fraction of sp³-hybridized carbons (Fsp3) is 0.947. The molecule has 0 aliphatic rings. The van der Waals surface area contributed by atoms with Crippen molar-refractivity contribution in [3.63, 3.8) is 0 Å². The minimum Gasteiger partial charge on any atom is -0.378 e. The van der Waals surface area contributed by atoms with Gasteiger partial charge >= 0.3 is 0 Å². The summed E-state index contributed by atoms with van der Waals surface area (Å²) in [6, 6.07) is -0.327. The van der Waals surface area contributed by atoms with Gasteiger partial charge in [-0.3, -0.25) is 4.79 Å². The first-order chi connectivity index (χ1) is 12.1. The molecular formula is C19H40N2O5. The van der Waals surface area contributed by atoms with Gasteiger partial charge in [-0.1, -0.05) is 20.8 Å². The second-order valence-corrected chi connectivity index (χ2v) is 8.26. The summed E-state index contributed by atoms with van der Waals surface area (Å²) < 4.78 is 21.7. The van der Waals surface area contributed by atoms with Gasteiger partial charge in [-0.15, -0.1) is 0 Å². The maximum absolute atomic E-state index is 12.6. The Labute approximate surface area is 159 Å². The summed E-state index contributed by atoms with van der Waals surface area (Å²) in [4.78, 5) is 12.6. The first-order valence-corrected chi connectivity index (χ1v) is 9.41. The zero-order valence-electron chi connectivity index (χ0n) is 17.6. The molecule has 1 unspecified atom stereocenters. The van der Waals surface area contributed by atoms with E-state index in [0.29, 0.717) is 59.4 Å². The highest BCUT2D eigenvalue weighted by Gasteiger charge is 2.32. The zero-order valence-corrected chi connectivity index (χ0v) is 17.6. The summed E-state index contributed by atoms with van der Waals surface area (Å²) in [7, 11) is 0. The first kappa shape index (κ1) is 25.4. The molecule has 7 nitrogen and oxygen atoms in total. The molecule has 7 heteroatoms. The summed E-state index contributed by atoms with van der Waals surface area (Å²) in [5, 5.41) is 3.35. The van der Waals surface area contributed by atoms with Gasteiger partial charge in [-0.25, -0.2) is 0 Å². The molecule has 3 N–H and O–H groups in total. The van der Waals surface area contributed by atoms with E-state index in [1.54, 1.807) is 0 Å². The molecule has 0 spiro atoms. The van der Waals surface area contributed by atoms with E-state index >= 15 is 0 Å². The van der Waals surface area contributed by atoms with Crippen molar-refractivity contribution in [3.05, 3.63) is 0 Å². The number of nitrogens with one attached hydrogen (secondary N) is 1. The van der Waals surface area contributed by atoms with Crippen LogP contribution in [-0.2, 0) is 23.7 Å². The van der Waals surface area contributed by atoms with Gasteiger partial charge in [-0.2, -0.15) is 0 Å². The molecule has 0 aromatic rings. The molecule has 0 saturated heterocycles. The van der Waals surface area contributed by atoms with Crippen molar-refractivity contribution in [3.8, 4) is 0 Å². The number of nitrogens with two attached hydrogens (primary N) is 1. The van der Waals surface area contributed by atoms with E-state index in [-0.39, 0.29) is 17.4 Å². The Bertz CT molecular complexity index is 364. The molecule has 0 bridgehead atoms. The summed E-state index contributed by atoms with van der Waals surface area (Å²) in [6.07, 6.45) is 0. The molecule has 26 heavy (non-hydrogen) atoms. The smallest absolute Gasteiger partial charge is 0.157 e. The molecular weight excluding hydrogens is 336 g/mol. The van der Waals surface area contributed by atoms with Crippen molar-refractivity contribution in [2.24, 2.45) is 11.1 Å². The molecule has 0 saturated carbocycles. The highest BCUT2D eigenvalue weighted by atomic mass is 16.6. The lowest BCUT2D eigenvalue weighted by molar-refractivity contribution is -0.130. The van der Waals surface area contributed by atoms with Crippen LogP contribution in [0.1, 0.15) is 41.5 Å². The SMILES string of the molecule is CC(C)(C)NC(COCCOCCOCCOCCN)C(=O)C(C)(C)C. The topological polar surface area (TPSA) is 92.0 Å². The Morgan fingerprint density at radius 1 is 0.808 bits per heavy atom. The standard InChI is InChI=1S/C19H40N2O5/c1-18(2,3)17(22)16(21-19(4,5)6)15-26-14-13-25-12-11-24-10-9-23-8-7-20/h16,21H,7-15,20H2,1-6H3. The van der Waals surface area contributed by atoms with Gasteiger partial charge in [-0.05, 0) is 20.8 Å². The predicted molar refractivity (Wildman–Crippen MR) is 103 cm³/mol. The lowest BCUT2D eigenvalue weighted by Crippen LogP contribution is -2.53. The molecule has 0 rings (SSSR count). The summed E-state index contributed by atoms with van der Waals surface area (Å²) in [6.45, 7) is 16.3. The third-order valence-electron chi connectivity index (χ3n) is 3.33. The van der Waals surface area contributed by atoms with Crippen LogP contribution >= 0.6 is 0 Å². The maximum atomic E-state index is 12.6. The van der Waals surface area contributed by atoms with Crippen LogP contribution in [0.2, 0.25) is 0 Å². The number of hydrogen-bond donors (Lipinski definition) is 2. The van der Waals surface area contributed by atoms with E-state index in [9.17, 15) is 4.79 Å². The Kier molecular flexibility index (Phi) is 13.3. The van der Waals surface area contributed by atoms with Crippen molar-refractivity contribution in [2.45, 2.75) is 53.1 Å². The minimum atomic E-state index is -0.409. The predicted octanol–water partition coefficient (Wildman–Crippen LogP) is 1.38. The van der Waals surface area contributed by atoms with Gasteiger partial charge in [0, 0.05) is 17.5 Å². The molecule has 156 valence electrons. The molecule has 0 amide bonds. The van der Waals surface area contributed by atoms with E-state index in [4.69, 9.17) is 24.7 Å². The number of rotatable bonds is 15. The summed E-state index contributed by atoms with van der Waals surface area (Å²) >= 11 is 0. The molecule has 0 heterocycles. The molecule has 0 aromatic heterocycles. The van der Waals surface area contributed by atoms with Crippen molar-refractivity contribution >= 4 is 5.78 Å². The Balaban J connectivity index is 3.84. The van der Waals surface area contributed by atoms with Crippen molar-refractivity contribution in [2.75, 3.05) is 59.4 Å². The van der Waals surface area contributed by atoms with Crippen molar-refractivity contribution in [1.29, 1.82) is 0 Å². The Hall–Kier alpha value is -0.570. The number of ketones is 1. The molecule has 0 radical (unpaired) electrons. The number of carbonyl (C=O) groups is 1. The second-order valence-electron chi connectivity index (χ2n) is 8.26. The lowest BCUT2D eigenvalue weighted by Gasteiger charge is -2.31. The van der Waals surface area contributed by atoms with Gasteiger partial charge < -0.3 is 30.0 Å². The average Bonchev–Trinajstić information content (AvgIpc) is 2.52. The van der Waals surface area contributed by atoms with E-state index in [0.717, 1.165) is 0 Å². The van der Waals surface area contributed by atoms with Crippen molar-refractivity contribution in [1.82, 2.24) is 5.32 Å². The van der Waals surface area contributed by atoms with Crippen LogP contribution in [-0.4, -0.2) is 76.8 Å². The Morgan fingerprint density at radius 3 is 1.62 bits per heavy atom. The van der Waals surface area contributed by atoms with Crippen LogP contribution < -0.4 is 11.1 Å². The van der Waals surface area contributed by atoms with Crippen LogP contribution in [0.15, 0.2) is 0 Å². The maximum Gasteiger partial charge on any atom is 0.157 e. The summed E-state index contributed by atoms with van der Waals surface area (Å²) in [5.74, 6) is 0.151. The monoisotopic (exact) mass is 376 g/mol. The molecule has 0 aromatic carbocycles. The van der Waals surface area contributed by atoms with Crippen LogP contribution in [0.3, 0.4) is 0 Å². The van der Waals surface area contributed by atoms with Crippen molar-refractivity contribution < 1.29 is 23.7 Å². The fourth-order valence-corrected chi connectivity index (χ4v) is 2.17.